The number of halogens is 1. The molecule has 2 N–H and O–H groups in total. The quantitative estimate of drug-likeness (QED) is 0.736. The first-order valence-electron chi connectivity index (χ1n) is 6.76. The first-order chi connectivity index (χ1) is 9.00. The van der Waals surface area contributed by atoms with Gasteiger partial charge in [-0.05, 0) is 37.0 Å². The second-order valence-corrected chi connectivity index (χ2v) is 5.12. The van der Waals surface area contributed by atoms with Gasteiger partial charge in [0.2, 0.25) is 0 Å². The lowest BCUT2D eigenvalue weighted by Crippen LogP contribution is -2.10. The highest BCUT2D eigenvalue weighted by atomic mass is 19.1. The Morgan fingerprint density at radius 1 is 1.16 bits per heavy atom. The lowest BCUT2D eigenvalue weighted by molar-refractivity contribution is 0.0913. The second kappa shape index (κ2) is 8.12. The van der Waals surface area contributed by atoms with Crippen LogP contribution < -0.4 is 10.5 Å². The SMILES string of the molecule is CC(C)CCOCCOc1ccc(C(C)N)cc1F. The molecule has 0 heterocycles. The molecule has 0 spiro atoms. The Kier molecular flexibility index (Phi) is 6.81. The van der Waals surface area contributed by atoms with E-state index in [1.54, 1.807) is 12.1 Å². The van der Waals surface area contributed by atoms with Crippen LogP contribution in [0.25, 0.3) is 0 Å². The van der Waals surface area contributed by atoms with Crippen LogP contribution in [0.1, 0.15) is 38.8 Å². The molecule has 1 aromatic carbocycles. The van der Waals surface area contributed by atoms with Gasteiger partial charge in [-0.3, -0.25) is 0 Å². The van der Waals surface area contributed by atoms with Crippen LogP contribution in [0.2, 0.25) is 0 Å². The molecule has 0 saturated carbocycles. The highest BCUT2D eigenvalue weighted by Crippen LogP contribution is 2.20. The van der Waals surface area contributed by atoms with Crippen LogP contribution >= 0.6 is 0 Å². The molecule has 3 nitrogen and oxygen atoms in total. The Balaban J connectivity index is 2.30. The fourth-order valence-electron chi connectivity index (χ4n) is 1.55. The molecule has 0 saturated heterocycles. The first-order valence-corrected chi connectivity index (χ1v) is 6.76. The number of hydrogen-bond donors (Lipinski definition) is 1. The summed E-state index contributed by atoms with van der Waals surface area (Å²) in [5.74, 6) is 0.498. The molecule has 0 aliphatic carbocycles. The fraction of sp³-hybridized carbons (Fsp3) is 0.600. The third-order valence-corrected chi connectivity index (χ3v) is 2.81. The van der Waals surface area contributed by atoms with E-state index in [2.05, 4.69) is 13.8 Å². The van der Waals surface area contributed by atoms with E-state index in [0.717, 1.165) is 12.0 Å². The molecule has 0 fully saturated rings. The monoisotopic (exact) mass is 269 g/mol. The van der Waals surface area contributed by atoms with Crippen molar-refractivity contribution >= 4 is 0 Å². The van der Waals surface area contributed by atoms with Gasteiger partial charge in [0.05, 0.1) is 6.61 Å². The topological polar surface area (TPSA) is 44.5 Å². The van der Waals surface area contributed by atoms with Crippen molar-refractivity contribution in [2.45, 2.75) is 33.2 Å². The molecule has 0 amide bonds. The molecule has 19 heavy (non-hydrogen) atoms. The maximum absolute atomic E-state index is 13.7. The lowest BCUT2D eigenvalue weighted by atomic mass is 10.1. The zero-order chi connectivity index (χ0) is 14.3. The van der Waals surface area contributed by atoms with Crippen molar-refractivity contribution in [3.63, 3.8) is 0 Å². The molecule has 0 radical (unpaired) electrons. The number of rotatable bonds is 8. The highest BCUT2D eigenvalue weighted by Gasteiger charge is 2.07. The molecular formula is C15H24FNO2. The molecule has 0 aromatic heterocycles. The van der Waals surface area contributed by atoms with Crippen molar-refractivity contribution in [1.29, 1.82) is 0 Å². The van der Waals surface area contributed by atoms with E-state index in [1.165, 1.54) is 6.07 Å². The highest BCUT2D eigenvalue weighted by molar-refractivity contribution is 5.30. The third kappa shape index (κ3) is 6.03. The summed E-state index contributed by atoms with van der Waals surface area (Å²) in [6, 6.07) is 4.63. The van der Waals surface area contributed by atoms with Gasteiger partial charge < -0.3 is 15.2 Å². The third-order valence-electron chi connectivity index (χ3n) is 2.81. The van der Waals surface area contributed by atoms with Gasteiger partial charge in [0.15, 0.2) is 11.6 Å². The van der Waals surface area contributed by atoms with Gasteiger partial charge in [-0.15, -0.1) is 0 Å². The number of hydrogen-bond acceptors (Lipinski definition) is 3. The summed E-state index contributed by atoms with van der Waals surface area (Å²) >= 11 is 0. The Morgan fingerprint density at radius 3 is 2.47 bits per heavy atom. The summed E-state index contributed by atoms with van der Waals surface area (Å²) < 4.78 is 24.4. The van der Waals surface area contributed by atoms with Crippen molar-refractivity contribution < 1.29 is 13.9 Å². The summed E-state index contributed by atoms with van der Waals surface area (Å²) in [5, 5.41) is 0. The predicted octanol–water partition coefficient (Wildman–Crippen LogP) is 3.29. The van der Waals surface area contributed by atoms with Gasteiger partial charge in [0, 0.05) is 12.6 Å². The second-order valence-electron chi connectivity index (χ2n) is 5.12. The van der Waals surface area contributed by atoms with E-state index in [0.29, 0.717) is 25.7 Å². The minimum Gasteiger partial charge on any atom is -0.488 e. The van der Waals surface area contributed by atoms with E-state index in [9.17, 15) is 4.39 Å². The predicted molar refractivity (Wildman–Crippen MR) is 74.8 cm³/mol. The van der Waals surface area contributed by atoms with Crippen LogP contribution in [0, 0.1) is 11.7 Å². The van der Waals surface area contributed by atoms with E-state index in [4.69, 9.17) is 15.2 Å². The van der Waals surface area contributed by atoms with Gasteiger partial charge >= 0.3 is 0 Å². The summed E-state index contributed by atoms with van der Waals surface area (Å²) in [4.78, 5) is 0. The van der Waals surface area contributed by atoms with Gasteiger partial charge in [-0.2, -0.15) is 0 Å². The molecule has 4 heteroatoms. The fourth-order valence-corrected chi connectivity index (χ4v) is 1.55. The maximum Gasteiger partial charge on any atom is 0.165 e. The molecule has 0 aliphatic rings. The Bertz CT molecular complexity index is 380. The Hall–Kier alpha value is -1.13. The van der Waals surface area contributed by atoms with Crippen LogP contribution in [0.3, 0.4) is 0 Å². The summed E-state index contributed by atoms with van der Waals surface area (Å²) in [5.41, 5.74) is 6.45. The average molecular weight is 269 g/mol. The molecule has 1 unspecified atom stereocenters. The number of benzene rings is 1. The van der Waals surface area contributed by atoms with Crippen LogP contribution in [0.4, 0.5) is 4.39 Å². The molecular weight excluding hydrogens is 245 g/mol. The zero-order valence-electron chi connectivity index (χ0n) is 12.0. The van der Waals surface area contributed by atoms with Gasteiger partial charge in [0.25, 0.3) is 0 Å². The van der Waals surface area contributed by atoms with Gasteiger partial charge in [0.1, 0.15) is 6.61 Å². The van der Waals surface area contributed by atoms with E-state index in [-0.39, 0.29) is 17.6 Å². The van der Waals surface area contributed by atoms with Crippen LogP contribution in [0.15, 0.2) is 18.2 Å². The molecule has 1 rings (SSSR count). The van der Waals surface area contributed by atoms with Crippen molar-refractivity contribution in [3.05, 3.63) is 29.6 Å². The van der Waals surface area contributed by atoms with Gasteiger partial charge in [-0.25, -0.2) is 4.39 Å². The number of nitrogens with two attached hydrogens (primary N) is 1. The van der Waals surface area contributed by atoms with Crippen molar-refractivity contribution in [1.82, 2.24) is 0 Å². The smallest absolute Gasteiger partial charge is 0.165 e. The molecule has 1 aromatic rings. The average Bonchev–Trinajstić information content (AvgIpc) is 2.34. The summed E-state index contributed by atoms with van der Waals surface area (Å²) in [7, 11) is 0. The van der Waals surface area contributed by atoms with E-state index in [1.807, 2.05) is 6.92 Å². The van der Waals surface area contributed by atoms with Crippen molar-refractivity contribution in [2.75, 3.05) is 19.8 Å². The molecule has 1 atom stereocenters. The van der Waals surface area contributed by atoms with E-state index >= 15 is 0 Å². The van der Waals surface area contributed by atoms with Crippen LogP contribution in [0.5, 0.6) is 5.75 Å². The van der Waals surface area contributed by atoms with E-state index < -0.39 is 0 Å². The minimum atomic E-state index is -0.378. The van der Waals surface area contributed by atoms with Crippen molar-refractivity contribution in [3.8, 4) is 5.75 Å². The Morgan fingerprint density at radius 2 is 1.89 bits per heavy atom. The molecule has 108 valence electrons. The van der Waals surface area contributed by atoms with Crippen LogP contribution in [-0.2, 0) is 4.74 Å². The van der Waals surface area contributed by atoms with Crippen molar-refractivity contribution in [2.24, 2.45) is 11.7 Å². The largest absolute Gasteiger partial charge is 0.488 e. The first kappa shape index (κ1) is 15.9. The summed E-state index contributed by atoms with van der Waals surface area (Å²) in [6.45, 7) is 7.66. The van der Waals surface area contributed by atoms with Gasteiger partial charge in [-0.1, -0.05) is 19.9 Å². The number of ether oxygens (including phenoxy) is 2. The Labute approximate surface area is 114 Å². The zero-order valence-corrected chi connectivity index (χ0v) is 12.0. The lowest BCUT2D eigenvalue weighted by Gasteiger charge is -2.11. The normalized spacial score (nSPS) is 12.7. The minimum absolute atomic E-state index is 0.178. The summed E-state index contributed by atoms with van der Waals surface area (Å²) in [6.07, 6.45) is 1.03. The maximum atomic E-state index is 13.7. The standard InChI is InChI=1S/C15H24FNO2/c1-11(2)6-7-18-8-9-19-15-5-4-13(12(3)17)10-14(15)16/h4-5,10-12H,6-9,17H2,1-3H3. The molecule has 0 aliphatic heterocycles. The van der Waals surface area contributed by atoms with Crippen LogP contribution in [-0.4, -0.2) is 19.8 Å². The molecule has 0 bridgehead atoms.